The fourth-order valence-electron chi connectivity index (χ4n) is 7.87. The molecule has 6 aromatic rings. The molecule has 0 radical (unpaired) electrons. The first-order valence-electron chi connectivity index (χ1n) is 18.0. The zero-order valence-corrected chi connectivity index (χ0v) is 30.5. The van der Waals surface area contributed by atoms with Gasteiger partial charge in [-0.05, 0) is 61.4 Å². The quantitative estimate of drug-likeness (QED) is 0.176. The molecule has 2 N–H and O–H groups in total. The van der Waals surface area contributed by atoms with Crippen molar-refractivity contribution in [1.29, 1.82) is 0 Å². The number of fused-ring (bicyclic) bond motifs is 4. The second-order valence-corrected chi connectivity index (χ2v) is 16.2. The zero-order valence-electron chi connectivity index (χ0n) is 29.0. The van der Waals surface area contributed by atoms with Crippen molar-refractivity contribution >= 4 is 60.7 Å². The van der Waals surface area contributed by atoms with Crippen LogP contribution in [-0.4, -0.2) is 75.2 Å². The Morgan fingerprint density at radius 3 is 2.46 bits per heavy atom. The summed E-state index contributed by atoms with van der Waals surface area (Å²) in [5.74, 6) is -0.0194. The van der Waals surface area contributed by atoms with Gasteiger partial charge in [0.25, 0.3) is 15.9 Å². The molecule has 3 aliphatic rings. The van der Waals surface area contributed by atoms with Gasteiger partial charge in [0.05, 0.1) is 10.3 Å². The molecule has 16 heteroatoms. The normalized spacial score (nSPS) is 18.8. The second kappa shape index (κ2) is 13.9. The third-order valence-electron chi connectivity index (χ3n) is 10.5. The molecule has 3 fully saturated rings. The fraction of sp³-hybridized carbons (Fsp3) is 0.316. The van der Waals surface area contributed by atoms with Crippen LogP contribution in [-0.2, 0) is 14.8 Å². The Morgan fingerprint density at radius 1 is 0.963 bits per heavy atom. The van der Waals surface area contributed by atoms with E-state index < -0.39 is 28.4 Å². The predicted molar refractivity (Wildman–Crippen MR) is 202 cm³/mol. The van der Waals surface area contributed by atoms with E-state index in [-0.39, 0.29) is 40.1 Å². The zero-order chi connectivity index (χ0) is 37.0. The molecule has 9 rings (SSSR count). The Hall–Kier alpha value is -5.25. The van der Waals surface area contributed by atoms with Gasteiger partial charge in [-0.1, -0.05) is 54.8 Å². The standard InChI is InChI=1S/C38H35ClFN9O4S/c39-30-10-4-8-22-7-3-9-28(32(22)30)34-33(40)35-29(17-41-34)37(48-18-25-11-12-26(19-48)43-25)46-38(45-35)53-20-31(50)44-24-13-15-27(16-14-24)54(51,52)49-21-42-36(47-49)23-5-1-2-6-23/h3-4,7-10,13-17,21,23,25-26,43H,1-2,5-6,11-12,18-20H2,(H,44,50)/t25-,26+. The third-order valence-corrected chi connectivity index (χ3v) is 12.3. The van der Waals surface area contributed by atoms with Gasteiger partial charge in [0, 0.05) is 58.9 Å². The van der Waals surface area contributed by atoms with E-state index >= 15 is 4.39 Å². The minimum atomic E-state index is -3.97. The van der Waals surface area contributed by atoms with E-state index in [4.69, 9.17) is 16.3 Å². The van der Waals surface area contributed by atoms with Crippen LogP contribution in [0.2, 0.25) is 5.02 Å². The molecular weight excluding hydrogens is 733 g/mol. The van der Waals surface area contributed by atoms with E-state index in [1.54, 1.807) is 18.3 Å². The number of pyridine rings is 1. The largest absolute Gasteiger partial charge is 0.453 e. The van der Waals surface area contributed by atoms with Crippen LogP contribution >= 0.6 is 11.6 Å². The highest BCUT2D eigenvalue weighted by Crippen LogP contribution is 2.38. The van der Waals surface area contributed by atoms with Gasteiger partial charge >= 0.3 is 6.01 Å². The van der Waals surface area contributed by atoms with Crippen LogP contribution in [0.25, 0.3) is 32.9 Å². The number of nitrogens with zero attached hydrogens (tertiary/aromatic N) is 7. The molecular formula is C38H35ClFN9O4S. The number of carbonyl (C=O) groups is 1. The third kappa shape index (κ3) is 6.39. The summed E-state index contributed by atoms with van der Waals surface area (Å²) in [6.07, 6.45) is 8.93. The van der Waals surface area contributed by atoms with Crippen molar-refractivity contribution in [3.05, 3.63) is 89.9 Å². The molecule has 5 heterocycles. The van der Waals surface area contributed by atoms with E-state index in [2.05, 4.69) is 40.6 Å². The number of rotatable bonds is 9. The molecule has 2 bridgehead atoms. The minimum Gasteiger partial charge on any atom is -0.453 e. The summed E-state index contributed by atoms with van der Waals surface area (Å²) in [5, 5.41) is 13.0. The topological polar surface area (TPSA) is 157 Å². The molecule has 2 atom stereocenters. The van der Waals surface area contributed by atoms with Crippen LogP contribution < -0.4 is 20.3 Å². The Labute approximate surface area is 315 Å². The number of halogens is 2. The average molecular weight is 768 g/mol. The molecule has 3 aromatic heterocycles. The number of aromatic nitrogens is 6. The molecule has 0 spiro atoms. The number of piperazine rings is 1. The monoisotopic (exact) mass is 767 g/mol. The number of benzene rings is 3. The number of carbonyl (C=O) groups excluding carboxylic acids is 1. The SMILES string of the molecule is O=C(COc1nc(N2C[C@H]3CC[C@@H](C2)N3)c2cnc(-c3cccc4cccc(Cl)c34)c(F)c2n1)Nc1ccc(S(=O)(=O)n2cnc(C3CCCC3)n2)cc1. The van der Waals surface area contributed by atoms with Gasteiger partial charge in [0.15, 0.2) is 18.2 Å². The smallest absolute Gasteiger partial charge is 0.319 e. The summed E-state index contributed by atoms with van der Waals surface area (Å²) in [6.45, 7) is 0.837. The summed E-state index contributed by atoms with van der Waals surface area (Å²) in [7, 11) is -3.97. The highest BCUT2D eigenvalue weighted by Gasteiger charge is 2.34. The van der Waals surface area contributed by atoms with E-state index in [0.29, 0.717) is 51.8 Å². The van der Waals surface area contributed by atoms with Crippen LogP contribution in [0.5, 0.6) is 6.01 Å². The first kappa shape index (κ1) is 34.5. The Kier molecular flexibility index (Phi) is 8.86. The fourth-order valence-corrected chi connectivity index (χ4v) is 9.21. The molecule has 13 nitrogen and oxygen atoms in total. The van der Waals surface area contributed by atoms with Gasteiger partial charge in [0.1, 0.15) is 23.4 Å². The van der Waals surface area contributed by atoms with E-state index in [0.717, 1.165) is 48.0 Å². The summed E-state index contributed by atoms with van der Waals surface area (Å²) in [5.41, 5.74) is 0.960. The molecule has 0 unspecified atom stereocenters. The number of hydrogen-bond donors (Lipinski definition) is 2. The number of ether oxygens (including phenoxy) is 1. The highest BCUT2D eigenvalue weighted by atomic mass is 35.5. The van der Waals surface area contributed by atoms with E-state index in [1.165, 1.54) is 30.6 Å². The van der Waals surface area contributed by atoms with Crippen molar-refractivity contribution in [2.45, 2.75) is 61.4 Å². The van der Waals surface area contributed by atoms with Crippen LogP contribution in [0.1, 0.15) is 50.3 Å². The minimum absolute atomic E-state index is 0.000259. The van der Waals surface area contributed by atoms with Crippen LogP contribution in [0.3, 0.4) is 0 Å². The molecule has 1 aliphatic carbocycles. The Bertz CT molecular complexity index is 2510. The maximum atomic E-state index is 16.7. The van der Waals surface area contributed by atoms with Crippen LogP contribution in [0.15, 0.2) is 78.1 Å². The first-order valence-corrected chi connectivity index (χ1v) is 19.8. The van der Waals surface area contributed by atoms with Crippen molar-refractivity contribution in [3.63, 3.8) is 0 Å². The lowest BCUT2D eigenvalue weighted by molar-refractivity contribution is -0.118. The van der Waals surface area contributed by atoms with Gasteiger partial charge in [-0.2, -0.15) is 18.4 Å². The Morgan fingerprint density at radius 2 is 1.70 bits per heavy atom. The molecule has 276 valence electrons. The lowest BCUT2D eigenvalue weighted by Gasteiger charge is -2.34. The molecule has 2 saturated heterocycles. The Balaban J connectivity index is 0.968. The van der Waals surface area contributed by atoms with Crippen molar-refractivity contribution < 1.29 is 22.3 Å². The van der Waals surface area contributed by atoms with Crippen LogP contribution in [0.4, 0.5) is 15.9 Å². The average Bonchev–Trinajstić information content (AvgIpc) is 3.96. The molecule has 3 aromatic carbocycles. The van der Waals surface area contributed by atoms with Crippen LogP contribution in [0, 0.1) is 5.82 Å². The number of amides is 1. The van der Waals surface area contributed by atoms with Crippen molar-refractivity contribution in [2.75, 3.05) is 29.9 Å². The van der Waals surface area contributed by atoms with Gasteiger partial charge in [-0.25, -0.2) is 9.37 Å². The molecule has 2 aliphatic heterocycles. The maximum Gasteiger partial charge on any atom is 0.319 e. The van der Waals surface area contributed by atoms with Gasteiger partial charge in [0.2, 0.25) is 0 Å². The number of anilines is 2. The van der Waals surface area contributed by atoms with Crippen molar-refractivity contribution in [2.24, 2.45) is 0 Å². The predicted octanol–water partition coefficient (Wildman–Crippen LogP) is 6.08. The molecule has 1 amide bonds. The highest BCUT2D eigenvalue weighted by molar-refractivity contribution is 7.89. The lowest BCUT2D eigenvalue weighted by Crippen LogP contribution is -2.51. The van der Waals surface area contributed by atoms with E-state index in [9.17, 15) is 13.2 Å². The lowest BCUT2D eigenvalue weighted by atomic mass is 10.0. The van der Waals surface area contributed by atoms with Crippen molar-refractivity contribution in [1.82, 2.24) is 34.4 Å². The number of nitrogens with one attached hydrogen (secondary N) is 2. The maximum absolute atomic E-state index is 16.7. The summed E-state index contributed by atoms with van der Waals surface area (Å²) in [4.78, 5) is 33.1. The molecule has 1 saturated carbocycles. The summed E-state index contributed by atoms with van der Waals surface area (Å²) in [6, 6.07) is 17.1. The van der Waals surface area contributed by atoms with E-state index in [1.807, 2.05) is 24.3 Å². The van der Waals surface area contributed by atoms with Gasteiger partial charge in [-0.3, -0.25) is 9.78 Å². The van der Waals surface area contributed by atoms with Crippen molar-refractivity contribution in [3.8, 4) is 17.3 Å². The summed E-state index contributed by atoms with van der Waals surface area (Å²) >= 11 is 6.59. The second-order valence-electron chi connectivity index (χ2n) is 14.0. The van der Waals surface area contributed by atoms with Gasteiger partial charge in [-0.15, -0.1) is 9.19 Å². The van der Waals surface area contributed by atoms with Gasteiger partial charge < -0.3 is 20.3 Å². The summed E-state index contributed by atoms with van der Waals surface area (Å²) < 4.78 is 49.8. The number of hydrogen-bond acceptors (Lipinski definition) is 11. The first-order chi connectivity index (χ1) is 26.2. The molecule has 54 heavy (non-hydrogen) atoms.